The molecule has 0 radical (unpaired) electrons. The molecule has 13 heteroatoms. The third-order valence-electron chi connectivity index (χ3n) is 6.92. The highest BCUT2D eigenvalue weighted by atomic mass is 35.5. The van der Waals surface area contributed by atoms with Crippen molar-refractivity contribution < 1.29 is 22.8 Å². The van der Waals surface area contributed by atoms with E-state index >= 15 is 0 Å². The molecule has 4 rings (SSSR count). The summed E-state index contributed by atoms with van der Waals surface area (Å²) in [6, 6.07) is 10.5. The number of carbonyl (C=O) groups is 2. The van der Waals surface area contributed by atoms with Gasteiger partial charge in [-0.15, -0.1) is 0 Å². The second-order valence-electron chi connectivity index (χ2n) is 11.3. The maximum Gasteiger partial charge on any atom is 0.256 e. The number of fused-ring (bicyclic) bond motifs is 1. The van der Waals surface area contributed by atoms with E-state index in [1.54, 1.807) is 35.9 Å². The van der Waals surface area contributed by atoms with Crippen LogP contribution < -0.4 is 16.0 Å². The molecule has 0 aliphatic rings. The third kappa shape index (κ3) is 7.78. The van der Waals surface area contributed by atoms with Gasteiger partial charge in [0.15, 0.2) is 0 Å². The van der Waals surface area contributed by atoms with Crippen LogP contribution in [0.4, 0.5) is 30.5 Å². The number of nitrogens with zero attached hydrogens (tertiary/aromatic N) is 2. The number of benzene rings is 3. The van der Waals surface area contributed by atoms with Crippen LogP contribution in [0.2, 0.25) is 15.1 Å². The van der Waals surface area contributed by atoms with Gasteiger partial charge < -0.3 is 20.5 Å². The molecule has 1 heterocycles. The van der Waals surface area contributed by atoms with E-state index in [1.807, 2.05) is 20.8 Å². The van der Waals surface area contributed by atoms with Gasteiger partial charge in [0.05, 0.1) is 31.8 Å². The number of nitrogens with one attached hydrogen (secondary N) is 3. The Labute approximate surface area is 268 Å². The van der Waals surface area contributed by atoms with E-state index in [-0.39, 0.29) is 48.0 Å². The minimum Gasteiger partial charge on any atom is -0.352 e. The molecule has 44 heavy (non-hydrogen) atoms. The first-order valence-electron chi connectivity index (χ1n) is 13.7. The molecule has 234 valence electrons. The van der Waals surface area contributed by atoms with Crippen molar-refractivity contribution in [2.75, 3.05) is 10.6 Å². The molecule has 2 amide bonds. The normalized spacial score (nSPS) is 11.7. The fraction of sp³-hybridized carbons (Fsp3) is 0.323. The van der Waals surface area contributed by atoms with Gasteiger partial charge in [0.1, 0.15) is 5.82 Å². The summed E-state index contributed by atoms with van der Waals surface area (Å²) >= 11 is 19.1. The van der Waals surface area contributed by atoms with Crippen molar-refractivity contribution in [2.24, 2.45) is 12.5 Å². The Morgan fingerprint density at radius 3 is 2.39 bits per heavy atom. The number of imidazole rings is 1. The predicted octanol–water partition coefficient (Wildman–Crippen LogP) is 8.92. The van der Waals surface area contributed by atoms with Crippen LogP contribution >= 0.6 is 34.8 Å². The Hall–Kier alpha value is -3.47. The van der Waals surface area contributed by atoms with Gasteiger partial charge in [-0.25, -0.2) is 18.2 Å². The molecule has 0 bridgehead atoms. The van der Waals surface area contributed by atoms with E-state index in [0.29, 0.717) is 43.8 Å². The summed E-state index contributed by atoms with van der Waals surface area (Å²) < 4.78 is 41.2. The highest BCUT2D eigenvalue weighted by molar-refractivity contribution is 6.39. The van der Waals surface area contributed by atoms with Gasteiger partial charge in [-0.3, -0.25) is 9.59 Å². The van der Waals surface area contributed by atoms with Gasteiger partial charge in [-0.1, -0.05) is 61.6 Å². The van der Waals surface area contributed by atoms with Crippen molar-refractivity contribution in [3.63, 3.8) is 0 Å². The number of hydrogen-bond acceptors (Lipinski definition) is 4. The highest BCUT2D eigenvalue weighted by Crippen LogP contribution is 2.36. The lowest BCUT2D eigenvalue weighted by Gasteiger charge is -2.19. The maximum absolute atomic E-state index is 13.6. The van der Waals surface area contributed by atoms with Crippen LogP contribution in [-0.2, 0) is 24.8 Å². The molecular weight excluding hydrogens is 638 g/mol. The molecule has 0 saturated heterocycles. The summed E-state index contributed by atoms with van der Waals surface area (Å²) in [7, 11) is 1.75. The van der Waals surface area contributed by atoms with E-state index in [4.69, 9.17) is 34.8 Å². The fourth-order valence-corrected chi connectivity index (χ4v) is 5.14. The molecule has 1 aromatic heterocycles. The van der Waals surface area contributed by atoms with Gasteiger partial charge in [0.25, 0.3) is 5.91 Å². The molecule has 3 N–H and O–H groups in total. The quantitative estimate of drug-likeness (QED) is 0.158. The van der Waals surface area contributed by atoms with Crippen LogP contribution in [0.25, 0.3) is 11.0 Å². The van der Waals surface area contributed by atoms with Gasteiger partial charge in [-0.05, 0) is 60.4 Å². The van der Waals surface area contributed by atoms with E-state index in [0.717, 1.165) is 6.07 Å². The number of carbonyl (C=O) groups excluding carboxylic acids is 2. The van der Waals surface area contributed by atoms with E-state index in [9.17, 15) is 22.8 Å². The smallest absolute Gasteiger partial charge is 0.256 e. The summed E-state index contributed by atoms with van der Waals surface area (Å²) in [5.41, 5.74) is 2.53. The predicted molar refractivity (Wildman–Crippen MR) is 170 cm³/mol. The average molecular weight is 669 g/mol. The summed E-state index contributed by atoms with van der Waals surface area (Å²) in [4.78, 5) is 30.4. The second kappa shape index (κ2) is 13.7. The standard InChI is InChI=1S/C31H31Cl3F3N5O2/c1-31(2,3)29(44)38-15-17-8-10-20(32)27(26(17)34)41-30-40-23-14-19(28(43)39-18-9-11-22(35)21(33)13-18)16(6-5-7-25(36)37)12-24(23)42(30)4/h8-14,25H,5-7,15H2,1-4H3,(H,38,44)(H,39,43)(H,40,41). The Morgan fingerprint density at radius 1 is 1.00 bits per heavy atom. The van der Waals surface area contributed by atoms with Crippen LogP contribution in [0.3, 0.4) is 0 Å². The Bertz CT molecular complexity index is 1720. The monoisotopic (exact) mass is 667 g/mol. The molecular formula is C31H31Cl3F3N5O2. The van der Waals surface area contributed by atoms with Crippen molar-refractivity contribution in [3.05, 3.63) is 80.0 Å². The van der Waals surface area contributed by atoms with Crippen LogP contribution in [-0.4, -0.2) is 27.8 Å². The summed E-state index contributed by atoms with van der Waals surface area (Å²) in [5.74, 6) is -0.952. The van der Waals surface area contributed by atoms with Crippen LogP contribution in [0.5, 0.6) is 0 Å². The van der Waals surface area contributed by atoms with Crippen molar-refractivity contribution in [2.45, 2.75) is 53.0 Å². The third-order valence-corrected chi connectivity index (χ3v) is 7.96. The molecule has 0 aliphatic carbocycles. The van der Waals surface area contributed by atoms with Gasteiger partial charge in [-0.2, -0.15) is 0 Å². The molecule has 0 fully saturated rings. The fourth-order valence-electron chi connectivity index (χ4n) is 4.43. The lowest BCUT2D eigenvalue weighted by atomic mass is 9.95. The number of aryl methyl sites for hydroxylation is 2. The highest BCUT2D eigenvalue weighted by Gasteiger charge is 2.22. The molecule has 0 saturated carbocycles. The number of rotatable bonds is 10. The van der Waals surface area contributed by atoms with Crippen molar-refractivity contribution >= 4 is 75.0 Å². The Balaban J connectivity index is 1.68. The summed E-state index contributed by atoms with van der Waals surface area (Å²) in [5, 5.41) is 9.17. The van der Waals surface area contributed by atoms with E-state index in [2.05, 4.69) is 20.9 Å². The maximum atomic E-state index is 13.6. The van der Waals surface area contributed by atoms with E-state index in [1.165, 1.54) is 12.1 Å². The molecule has 0 aliphatic heterocycles. The number of halogens is 6. The van der Waals surface area contributed by atoms with E-state index < -0.39 is 23.6 Å². The second-order valence-corrected chi connectivity index (χ2v) is 12.5. The zero-order chi connectivity index (χ0) is 32.3. The summed E-state index contributed by atoms with van der Waals surface area (Å²) in [6.45, 7) is 5.61. The van der Waals surface area contributed by atoms with Crippen LogP contribution in [0.15, 0.2) is 42.5 Å². The SMILES string of the molecule is Cn1c(Nc2c(Cl)ccc(CNC(=O)C(C)(C)C)c2Cl)nc2cc(C(=O)Nc3ccc(F)c(Cl)c3)c(CCCC(F)F)cc21. The molecule has 3 aromatic carbocycles. The molecule has 0 atom stereocenters. The Morgan fingerprint density at radius 2 is 1.73 bits per heavy atom. The minimum atomic E-state index is -2.48. The number of aromatic nitrogens is 2. The first-order valence-corrected chi connectivity index (χ1v) is 14.8. The van der Waals surface area contributed by atoms with Crippen LogP contribution in [0, 0.1) is 11.2 Å². The minimum absolute atomic E-state index is 0.139. The largest absolute Gasteiger partial charge is 0.352 e. The van der Waals surface area contributed by atoms with Crippen molar-refractivity contribution in [3.8, 4) is 0 Å². The lowest BCUT2D eigenvalue weighted by Crippen LogP contribution is -2.34. The Kier molecular flexibility index (Phi) is 10.4. The van der Waals surface area contributed by atoms with Gasteiger partial charge >= 0.3 is 0 Å². The zero-order valence-corrected chi connectivity index (χ0v) is 26.7. The average Bonchev–Trinajstić information content (AvgIpc) is 3.25. The number of hydrogen-bond donors (Lipinski definition) is 3. The lowest BCUT2D eigenvalue weighted by molar-refractivity contribution is -0.128. The van der Waals surface area contributed by atoms with Gasteiger partial charge in [0, 0.05) is 36.7 Å². The topological polar surface area (TPSA) is 88.1 Å². The van der Waals surface area contributed by atoms with Crippen molar-refractivity contribution in [1.29, 1.82) is 0 Å². The zero-order valence-electron chi connectivity index (χ0n) is 24.4. The molecule has 7 nitrogen and oxygen atoms in total. The number of anilines is 3. The molecule has 0 unspecified atom stereocenters. The van der Waals surface area contributed by atoms with Crippen LogP contribution in [0.1, 0.15) is 55.1 Å². The van der Waals surface area contributed by atoms with Gasteiger partial charge in [0.2, 0.25) is 18.3 Å². The first kappa shape index (κ1) is 33.4. The summed E-state index contributed by atoms with van der Waals surface area (Å²) in [6.07, 6.45) is -2.44. The first-order chi connectivity index (χ1) is 20.6. The van der Waals surface area contributed by atoms with Crippen molar-refractivity contribution in [1.82, 2.24) is 14.9 Å². The number of alkyl halides is 2. The molecule has 0 spiro atoms. The number of amides is 2. The molecule has 4 aromatic rings.